The van der Waals surface area contributed by atoms with Crippen LogP contribution in [0.25, 0.3) is 11.4 Å². The Labute approximate surface area is 119 Å². The number of hydrogen-bond donors (Lipinski definition) is 2. The first-order valence-corrected chi connectivity index (χ1v) is 6.01. The molecule has 2 aromatic rings. The van der Waals surface area contributed by atoms with E-state index in [-0.39, 0.29) is 12.1 Å². The van der Waals surface area contributed by atoms with Gasteiger partial charge in [0.2, 0.25) is 0 Å². The number of nitrogens with zero attached hydrogens (tertiary/aromatic N) is 3. The number of carbonyl (C=O) groups is 1. The van der Waals surface area contributed by atoms with Crippen LogP contribution < -0.4 is 5.73 Å². The predicted molar refractivity (Wildman–Crippen MR) is 73.3 cm³/mol. The Kier molecular flexibility index (Phi) is 4.19. The number of non-ortho nitro benzene ring substituents is 1. The Morgan fingerprint density at radius 2 is 2.05 bits per heavy atom. The number of carboxylic acid groups (broad SMARTS) is 1. The Morgan fingerprint density at radius 1 is 1.38 bits per heavy atom. The molecule has 21 heavy (non-hydrogen) atoms. The maximum Gasteiger partial charge on any atom is 0.305 e. The van der Waals surface area contributed by atoms with Crippen molar-refractivity contribution in [2.75, 3.05) is 0 Å². The first-order valence-electron chi connectivity index (χ1n) is 6.01. The molecular weight excluding hydrogens is 276 g/mol. The van der Waals surface area contributed by atoms with Crippen LogP contribution in [0.2, 0.25) is 0 Å². The molecule has 0 radical (unpaired) electrons. The van der Waals surface area contributed by atoms with Gasteiger partial charge in [0.25, 0.3) is 5.69 Å². The molecule has 0 saturated heterocycles. The van der Waals surface area contributed by atoms with Crippen molar-refractivity contribution in [1.29, 1.82) is 0 Å². The van der Waals surface area contributed by atoms with Crippen molar-refractivity contribution in [3.05, 3.63) is 52.3 Å². The van der Waals surface area contributed by atoms with E-state index in [4.69, 9.17) is 10.8 Å². The number of benzene rings is 1. The van der Waals surface area contributed by atoms with Crippen molar-refractivity contribution in [2.45, 2.75) is 12.5 Å². The van der Waals surface area contributed by atoms with E-state index in [0.29, 0.717) is 17.0 Å². The van der Waals surface area contributed by atoms with E-state index in [1.54, 1.807) is 12.1 Å². The number of rotatable bonds is 5. The Balaban J connectivity index is 2.24. The van der Waals surface area contributed by atoms with Crippen molar-refractivity contribution in [3.8, 4) is 11.4 Å². The van der Waals surface area contributed by atoms with E-state index in [2.05, 4.69) is 9.97 Å². The quantitative estimate of drug-likeness (QED) is 0.629. The molecule has 0 saturated carbocycles. The number of aromatic nitrogens is 2. The van der Waals surface area contributed by atoms with Crippen LogP contribution in [0.1, 0.15) is 18.0 Å². The highest BCUT2D eigenvalue weighted by atomic mass is 16.6. The second-order valence-corrected chi connectivity index (χ2v) is 4.35. The van der Waals surface area contributed by atoms with Crippen molar-refractivity contribution in [3.63, 3.8) is 0 Å². The first kappa shape index (κ1) is 14.5. The summed E-state index contributed by atoms with van der Waals surface area (Å²) in [7, 11) is 0. The molecule has 1 aromatic heterocycles. The fraction of sp³-hybridized carbons (Fsp3) is 0.154. The van der Waals surface area contributed by atoms with Crippen molar-refractivity contribution in [2.24, 2.45) is 5.73 Å². The zero-order valence-electron chi connectivity index (χ0n) is 10.8. The second-order valence-electron chi connectivity index (χ2n) is 4.35. The lowest BCUT2D eigenvalue weighted by Crippen LogP contribution is -2.15. The molecule has 0 bridgehead atoms. The number of nitro groups is 1. The monoisotopic (exact) mass is 288 g/mol. The molecule has 3 N–H and O–H groups in total. The van der Waals surface area contributed by atoms with Crippen LogP contribution in [0, 0.1) is 10.1 Å². The third kappa shape index (κ3) is 3.57. The number of nitro benzene ring substituents is 1. The van der Waals surface area contributed by atoms with E-state index in [1.807, 2.05) is 0 Å². The molecule has 0 aliphatic heterocycles. The van der Waals surface area contributed by atoms with Crippen LogP contribution in [0.4, 0.5) is 5.69 Å². The first-order chi connectivity index (χ1) is 9.97. The molecule has 8 heteroatoms. The highest BCUT2D eigenvalue weighted by Gasteiger charge is 2.13. The summed E-state index contributed by atoms with van der Waals surface area (Å²) in [5.41, 5.74) is 6.64. The van der Waals surface area contributed by atoms with Gasteiger partial charge in [0.15, 0.2) is 5.82 Å². The van der Waals surface area contributed by atoms with Crippen molar-refractivity contribution < 1.29 is 14.8 Å². The minimum absolute atomic E-state index is 0.0530. The Bertz CT molecular complexity index is 672. The summed E-state index contributed by atoms with van der Waals surface area (Å²) in [5.74, 6) is -0.699. The van der Waals surface area contributed by atoms with Gasteiger partial charge in [-0.15, -0.1) is 0 Å². The summed E-state index contributed by atoms with van der Waals surface area (Å²) in [4.78, 5) is 29.0. The summed E-state index contributed by atoms with van der Waals surface area (Å²) in [6, 6.07) is 5.24. The average molecular weight is 288 g/mol. The highest BCUT2D eigenvalue weighted by Crippen LogP contribution is 2.21. The van der Waals surface area contributed by atoms with E-state index >= 15 is 0 Å². The minimum atomic E-state index is -1.01. The molecular formula is C13H12N4O4. The van der Waals surface area contributed by atoms with Gasteiger partial charge in [-0.25, -0.2) is 9.97 Å². The molecule has 2 rings (SSSR count). The van der Waals surface area contributed by atoms with Crippen LogP contribution in [-0.4, -0.2) is 26.0 Å². The molecule has 0 fully saturated rings. The van der Waals surface area contributed by atoms with Gasteiger partial charge < -0.3 is 10.8 Å². The van der Waals surface area contributed by atoms with Crippen LogP contribution in [0.5, 0.6) is 0 Å². The normalized spacial score (nSPS) is 11.9. The number of nitrogens with two attached hydrogens (primary N) is 1. The topological polar surface area (TPSA) is 132 Å². The number of aliphatic carboxylic acids is 1. The van der Waals surface area contributed by atoms with Gasteiger partial charge in [-0.3, -0.25) is 14.9 Å². The van der Waals surface area contributed by atoms with E-state index < -0.39 is 16.9 Å². The van der Waals surface area contributed by atoms with Crippen molar-refractivity contribution in [1.82, 2.24) is 9.97 Å². The average Bonchev–Trinajstić information content (AvgIpc) is 2.47. The molecule has 1 unspecified atom stereocenters. The Morgan fingerprint density at radius 3 is 2.62 bits per heavy atom. The smallest absolute Gasteiger partial charge is 0.305 e. The van der Waals surface area contributed by atoms with Crippen LogP contribution in [0.3, 0.4) is 0 Å². The highest BCUT2D eigenvalue weighted by molar-refractivity contribution is 5.67. The summed E-state index contributed by atoms with van der Waals surface area (Å²) < 4.78 is 0. The fourth-order valence-corrected chi connectivity index (χ4v) is 1.74. The minimum Gasteiger partial charge on any atom is -0.481 e. The number of hydrogen-bond acceptors (Lipinski definition) is 6. The SMILES string of the molecule is NC(CC(=O)O)c1cnc(-c2cccc([N+](=O)[O-])c2)nc1. The lowest BCUT2D eigenvalue weighted by Gasteiger charge is -2.08. The lowest BCUT2D eigenvalue weighted by molar-refractivity contribution is -0.384. The molecule has 0 aliphatic rings. The van der Waals surface area contributed by atoms with Crippen molar-refractivity contribution >= 4 is 11.7 Å². The predicted octanol–water partition coefficient (Wildman–Crippen LogP) is 1.53. The standard InChI is InChI=1S/C13H12N4O4/c14-11(5-12(18)19)9-6-15-13(16-7-9)8-2-1-3-10(4-8)17(20)21/h1-4,6-7,11H,5,14H2,(H,18,19). The van der Waals surface area contributed by atoms with Crippen LogP contribution in [0.15, 0.2) is 36.7 Å². The summed E-state index contributed by atoms with van der Waals surface area (Å²) in [5, 5.41) is 19.4. The van der Waals surface area contributed by atoms with Gasteiger partial charge in [0.05, 0.1) is 11.3 Å². The molecule has 0 aliphatic carbocycles. The van der Waals surface area contributed by atoms with Gasteiger partial charge >= 0.3 is 5.97 Å². The van der Waals surface area contributed by atoms with Gasteiger partial charge in [0, 0.05) is 41.7 Å². The molecule has 8 nitrogen and oxygen atoms in total. The fourth-order valence-electron chi connectivity index (χ4n) is 1.74. The van der Waals surface area contributed by atoms with E-state index in [0.717, 1.165) is 0 Å². The van der Waals surface area contributed by atoms with Gasteiger partial charge in [-0.2, -0.15) is 0 Å². The summed E-state index contributed by atoms with van der Waals surface area (Å²) in [6.45, 7) is 0. The molecule has 108 valence electrons. The molecule has 1 aromatic carbocycles. The summed E-state index contributed by atoms with van der Waals surface area (Å²) in [6.07, 6.45) is 2.63. The second kappa shape index (κ2) is 6.06. The maximum absolute atomic E-state index is 10.7. The third-order valence-corrected chi connectivity index (χ3v) is 2.81. The largest absolute Gasteiger partial charge is 0.481 e. The van der Waals surface area contributed by atoms with Crippen LogP contribution >= 0.6 is 0 Å². The van der Waals surface area contributed by atoms with Crippen LogP contribution in [-0.2, 0) is 4.79 Å². The Hall–Kier alpha value is -2.87. The molecule has 1 heterocycles. The molecule has 1 atom stereocenters. The number of carboxylic acids is 1. The summed E-state index contributed by atoms with van der Waals surface area (Å²) >= 11 is 0. The zero-order chi connectivity index (χ0) is 15.4. The molecule has 0 amide bonds. The maximum atomic E-state index is 10.7. The third-order valence-electron chi connectivity index (χ3n) is 2.81. The lowest BCUT2D eigenvalue weighted by atomic mass is 10.1. The van der Waals surface area contributed by atoms with Gasteiger partial charge in [0.1, 0.15) is 0 Å². The van der Waals surface area contributed by atoms with E-state index in [1.165, 1.54) is 24.5 Å². The van der Waals surface area contributed by atoms with Gasteiger partial charge in [-0.1, -0.05) is 12.1 Å². The van der Waals surface area contributed by atoms with Gasteiger partial charge in [-0.05, 0) is 0 Å². The zero-order valence-corrected chi connectivity index (χ0v) is 10.8. The van der Waals surface area contributed by atoms with E-state index in [9.17, 15) is 14.9 Å². The molecule has 0 spiro atoms.